The molecule has 1 heterocycles. The fourth-order valence-electron chi connectivity index (χ4n) is 2.35. The summed E-state index contributed by atoms with van der Waals surface area (Å²) in [6.45, 7) is 1.49. The number of carbonyl (C=O) groups is 2. The molecule has 0 spiro atoms. The van der Waals surface area contributed by atoms with Gasteiger partial charge in [-0.25, -0.2) is 4.79 Å². The monoisotopic (exact) mass is 324 g/mol. The van der Waals surface area contributed by atoms with E-state index < -0.39 is 11.8 Å². The summed E-state index contributed by atoms with van der Waals surface area (Å²) < 4.78 is 15.7. The molecule has 0 unspecified atom stereocenters. The Labute approximate surface area is 138 Å². The van der Waals surface area contributed by atoms with Crippen LogP contribution >= 0.6 is 0 Å². The Morgan fingerprint density at radius 1 is 1.08 bits per heavy atom. The molecule has 122 valence electrons. The van der Waals surface area contributed by atoms with Crippen LogP contribution in [0.1, 0.15) is 26.5 Å². The smallest absolute Gasteiger partial charge is 0.338 e. The first-order chi connectivity index (χ1) is 11.6. The topological polar surface area (TPSA) is 65.7 Å². The molecule has 2 aromatic carbocycles. The van der Waals surface area contributed by atoms with E-state index in [1.54, 1.807) is 30.3 Å². The van der Waals surface area contributed by atoms with Crippen LogP contribution in [0.25, 0.3) is 11.0 Å². The van der Waals surface area contributed by atoms with Crippen LogP contribution in [0.5, 0.6) is 5.75 Å². The van der Waals surface area contributed by atoms with Crippen molar-refractivity contribution < 1.29 is 23.5 Å². The molecule has 0 aliphatic carbocycles. The number of fused-ring (bicyclic) bond motifs is 1. The summed E-state index contributed by atoms with van der Waals surface area (Å²) in [5.74, 6) is -0.213. The van der Waals surface area contributed by atoms with Gasteiger partial charge in [0, 0.05) is 5.39 Å². The van der Waals surface area contributed by atoms with Crippen LogP contribution in [-0.2, 0) is 4.74 Å². The van der Waals surface area contributed by atoms with E-state index in [4.69, 9.17) is 13.9 Å². The van der Waals surface area contributed by atoms with Gasteiger partial charge in [0.15, 0.2) is 12.4 Å². The summed E-state index contributed by atoms with van der Waals surface area (Å²) in [7, 11) is 1.53. The molecule has 0 bridgehead atoms. The molecule has 5 heteroatoms. The van der Waals surface area contributed by atoms with Crippen molar-refractivity contribution in [3.8, 4) is 5.75 Å². The highest BCUT2D eigenvalue weighted by atomic mass is 16.5. The minimum Gasteiger partial charge on any atom is -0.496 e. The van der Waals surface area contributed by atoms with Gasteiger partial charge in [-0.2, -0.15) is 0 Å². The van der Waals surface area contributed by atoms with Crippen LogP contribution in [0, 0.1) is 6.92 Å². The minimum atomic E-state index is -0.585. The number of ketones is 1. The number of hydrogen-bond donors (Lipinski definition) is 0. The van der Waals surface area contributed by atoms with Crippen molar-refractivity contribution in [1.82, 2.24) is 0 Å². The average molecular weight is 324 g/mol. The molecule has 0 atom stereocenters. The minimum absolute atomic E-state index is 0.172. The van der Waals surface area contributed by atoms with Gasteiger partial charge in [-0.15, -0.1) is 0 Å². The highest BCUT2D eigenvalue weighted by Gasteiger charge is 2.16. The lowest BCUT2D eigenvalue weighted by atomic mass is 10.1. The second kappa shape index (κ2) is 6.58. The highest BCUT2D eigenvalue weighted by molar-refractivity contribution is 6.00. The van der Waals surface area contributed by atoms with Crippen LogP contribution in [0.4, 0.5) is 0 Å². The van der Waals surface area contributed by atoms with Gasteiger partial charge in [-0.3, -0.25) is 4.79 Å². The lowest BCUT2D eigenvalue weighted by Crippen LogP contribution is -2.14. The summed E-state index contributed by atoms with van der Waals surface area (Å²) in [6.07, 6.45) is 0. The second-order valence-corrected chi connectivity index (χ2v) is 5.33. The Kier molecular flexibility index (Phi) is 4.33. The largest absolute Gasteiger partial charge is 0.496 e. The normalized spacial score (nSPS) is 10.6. The van der Waals surface area contributed by atoms with Crippen molar-refractivity contribution in [1.29, 1.82) is 0 Å². The Balaban J connectivity index is 1.68. The number of esters is 1. The molecule has 0 fully saturated rings. The number of furan rings is 1. The Bertz CT molecular complexity index is 874. The molecular weight excluding hydrogens is 308 g/mol. The van der Waals surface area contributed by atoms with Gasteiger partial charge in [-0.05, 0) is 36.8 Å². The summed E-state index contributed by atoms with van der Waals surface area (Å²) >= 11 is 0. The maximum atomic E-state index is 12.1. The van der Waals surface area contributed by atoms with Crippen molar-refractivity contribution in [2.24, 2.45) is 0 Å². The van der Waals surface area contributed by atoms with E-state index in [2.05, 4.69) is 0 Å². The van der Waals surface area contributed by atoms with Crippen LogP contribution in [-0.4, -0.2) is 25.5 Å². The summed E-state index contributed by atoms with van der Waals surface area (Å²) in [6, 6.07) is 13.9. The van der Waals surface area contributed by atoms with Gasteiger partial charge in [-0.1, -0.05) is 24.3 Å². The van der Waals surface area contributed by atoms with E-state index >= 15 is 0 Å². The molecule has 1 aromatic heterocycles. The third-order valence-electron chi connectivity index (χ3n) is 3.68. The number of carbonyl (C=O) groups excluding carboxylic acids is 2. The van der Waals surface area contributed by atoms with Crippen molar-refractivity contribution in [3.63, 3.8) is 0 Å². The van der Waals surface area contributed by atoms with Gasteiger partial charge >= 0.3 is 5.97 Å². The van der Waals surface area contributed by atoms with Crippen molar-refractivity contribution in [2.45, 2.75) is 6.92 Å². The molecule has 3 rings (SSSR count). The quantitative estimate of drug-likeness (QED) is 0.528. The average Bonchev–Trinajstić information content (AvgIpc) is 3.04. The number of rotatable bonds is 5. The van der Waals surface area contributed by atoms with Crippen molar-refractivity contribution in [3.05, 3.63) is 65.4 Å². The van der Waals surface area contributed by atoms with E-state index in [0.717, 1.165) is 10.9 Å². The molecule has 0 N–H and O–H groups in total. The number of Topliss-reactive ketones (excluding diaryl/α,β-unsaturated/α-hetero) is 1. The predicted molar refractivity (Wildman–Crippen MR) is 88.6 cm³/mol. The van der Waals surface area contributed by atoms with Crippen LogP contribution in [0.15, 0.2) is 52.9 Å². The number of para-hydroxylation sites is 1. The first-order valence-corrected chi connectivity index (χ1v) is 7.42. The number of ether oxygens (including phenoxy) is 2. The molecule has 5 nitrogen and oxygen atoms in total. The third kappa shape index (κ3) is 3.15. The molecule has 0 saturated carbocycles. The zero-order valence-corrected chi connectivity index (χ0v) is 13.4. The number of benzene rings is 2. The Morgan fingerprint density at radius 3 is 2.62 bits per heavy atom. The van der Waals surface area contributed by atoms with E-state index in [9.17, 15) is 9.59 Å². The lowest BCUT2D eigenvalue weighted by Gasteiger charge is -2.07. The van der Waals surface area contributed by atoms with Crippen LogP contribution in [0.2, 0.25) is 0 Å². The molecule has 0 aliphatic heterocycles. The molecule has 0 amide bonds. The van der Waals surface area contributed by atoms with E-state index in [-0.39, 0.29) is 12.4 Å². The maximum absolute atomic E-state index is 12.1. The van der Waals surface area contributed by atoms with E-state index in [1.807, 2.05) is 25.1 Å². The van der Waals surface area contributed by atoms with Crippen LogP contribution in [0.3, 0.4) is 0 Å². The van der Waals surface area contributed by atoms with Gasteiger partial charge < -0.3 is 13.9 Å². The number of aryl methyl sites for hydroxylation is 1. The van der Waals surface area contributed by atoms with Gasteiger partial charge in [0.05, 0.1) is 12.7 Å². The molecule has 0 saturated heterocycles. The van der Waals surface area contributed by atoms with Gasteiger partial charge in [0.2, 0.25) is 5.78 Å². The first kappa shape index (κ1) is 15.8. The molecular formula is C19H16O5. The van der Waals surface area contributed by atoms with Crippen LogP contribution < -0.4 is 4.74 Å². The van der Waals surface area contributed by atoms with Crippen molar-refractivity contribution >= 4 is 22.7 Å². The first-order valence-electron chi connectivity index (χ1n) is 7.42. The van der Waals surface area contributed by atoms with Gasteiger partial charge in [0.25, 0.3) is 0 Å². The highest BCUT2D eigenvalue weighted by Crippen LogP contribution is 2.21. The predicted octanol–water partition coefficient (Wildman–Crippen LogP) is 3.79. The fraction of sp³-hybridized carbons (Fsp3) is 0.158. The standard InChI is InChI=1S/C19H16O5/c1-12-7-8-14(10-17(12)22-2)19(21)23-11-15(20)18-9-13-5-3-4-6-16(13)24-18/h3-10H,11H2,1-2H3. The zero-order valence-electron chi connectivity index (χ0n) is 13.4. The maximum Gasteiger partial charge on any atom is 0.338 e. The Morgan fingerprint density at radius 2 is 1.88 bits per heavy atom. The molecule has 0 aliphatic rings. The molecule has 0 radical (unpaired) electrons. The SMILES string of the molecule is COc1cc(C(=O)OCC(=O)c2cc3ccccc3o2)ccc1C. The van der Waals surface area contributed by atoms with Crippen molar-refractivity contribution in [2.75, 3.05) is 13.7 Å². The third-order valence-corrected chi connectivity index (χ3v) is 3.68. The fourth-order valence-corrected chi connectivity index (χ4v) is 2.35. The van der Waals surface area contributed by atoms with Gasteiger partial charge in [0.1, 0.15) is 11.3 Å². The number of hydrogen-bond acceptors (Lipinski definition) is 5. The van der Waals surface area contributed by atoms with E-state index in [1.165, 1.54) is 7.11 Å². The zero-order chi connectivity index (χ0) is 17.1. The number of methoxy groups -OCH3 is 1. The Hall–Kier alpha value is -3.08. The molecule has 3 aromatic rings. The van der Waals surface area contributed by atoms with E-state index in [0.29, 0.717) is 16.9 Å². The summed E-state index contributed by atoms with van der Waals surface area (Å²) in [5.41, 5.74) is 1.86. The second-order valence-electron chi connectivity index (χ2n) is 5.33. The lowest BCUT2D eigenvalue weighted by molar-refractivity contribution is 0.0468. The molecule has 24 heavy (non-hydrogen) atoms. The summed E-state index contributed by atoms with van der Waals surface area (Å²) in [4.78, 5) is 24.2. The summed E-state index contributed by atoms with van der Waals surface area (Å²) in [5, 5.41) is 0.829.